The van der Waals surface area contributed by atoms with E-state index >= 15 is 0 Å². The van der Waals surface area contributed by atoms with Gasteiger partial charge in [-0.2, -0.15) is 0 Å². The first kappa shape index (κ1) is 15.4. The van der Waals surface area contributed by atoms with Gasteiger partial charge in [-0.05, 0) is 33.6 Å². The topological polar surface area (TPSA) is 64.3 Å². The van der Waals surface area contributed by atoms with Gasteiger partial charge < -0.3 is 15.8 Å². The van der Waals surface area contributed by atoms with Gasteiger partial charge in [0.15, 0.2) is 0 Å². The van der Waals surface area contributed by atoms with E-state index in [4.69, 9.17) is 10.5 Å². The van der Waals surface area contributed by atoms with Crippen molar-refractivity contribution in [1.82, 2.24) is 5.32 Å². The van der Waals surface area contributed by atoms with Crippen LogP contribution in [0.2, 0.25) is 0 Å². The Balaban J connectivity index is 4.40. The molecular formula is C12H26N2O2. The lowest BCUT2D eigenvalue weighted by atomic mass is 9.97. The number of carbonyl (C=O) groups is 1. The third kappa shape index (κ3) is 4.49. The maximum Gasteiger partial charge on any atom is 0.249 e. The summed E-state index contributed by atoms with van der Waals surface area (Å²) in [5, 5.41) is 2.83. The van der Waals surface area contributed by atoms with Crippen molar-refractivity contribution in [3.63, 3.8) is 0 Å². The maximum atomic E-state index is 11.7. The summed E-state index contributed by atoms with van der Waals surface area (Å²) in [5.74, 6) is -0.0743. The van der Waals surface area contributed by atoms with Crippen LogP contribution < -0.4 is 11.1 Å². The van der Waals surface area contributed by atoms with Crippen LogP contribution in [-0.2, 0) is 9.53 Å². The molecule has 0 heterocycles. The Morgan fingerprint density at radius 2 is 1.81 bits per heavy atom. The van der Waals surface area contributed by atoms with Crippen LogP contribution in [0.1, 0.15) is 47.5 Å². The Labute approximate surface area is 98.9 Å². The van der Waals surface area contributed by atoms with Gasteiger partial charge in [-0.15, -0.1) is 0 Å². The summed E-state index contributed by atoms with van der Waals surface area (Å²) in [5.41, 5.74) is 5.35. The lowest BCUT2D eigenvalue weighted by molar-refractivity contribution is -0.146. The molecule has 16 heavy (non-hydrogen) atoms. The highest BCUT2D eigenvalue weighted by atomic mass is 16.5. The van der Waals surface area contributed by atoms with Gasteiger partial charge in [0.1, 0.15) is 6.10 Å². The van der Waals surface area contributed by atoms with Crippen LogP contribution in [-0.4, -0.2) is 30.2 Å². The highest BCUT2D eigenvalue weighted by molar-refractivity contribution is 5.80. The van der Waals surface area contributed by atoms with Crippen molar-refractivity contribution in [3.05, 3.63) is 0 Å². The van der Waals surface area contributed by atoms with Crippen LogP contribution in [0, 0.1) is 0 Å². The fourth-order valence-electron chi connectivity index (χ4n) is 1.58. The zero-order chi connectivity index (χ0) is 12.8. The molecule has 0 aromatic heterocycles. The van der Waals surface area contributed by atoms with Crippen molar-refractivity contribution in [3.8, 4) is 0 Å². The van der Waals surface area contributed by atoms with Crippen LogP contribution in [0.25, 0.3) is 0 Å². The first-order valence-electron chi connectivity index (χ1n) is 6.09. The molecule has 0 aliphatic carbocycles. The Bertz CT molecular complexity index is 205. The number of ether oxygens (including phenoxy) is 1. The Morgan fingerprint density at radius 3 is 2.12 bits per heavy atom. The van der Waals surface area contributed by atoms with Crippen molar-refractivity contribution < 1.29 is 9.53 Å². The second-order valence-electron chi connectivity index (χ2n) is 4.52. The number of rotatable bonds is 7. The number of nitrogens with one attached hydrogen (secondary N) is 1. The largest absolute Gasteiger partial charge is 0.361 e. The number of carbonyl (C=O) groups excluding carboxylic acids is 1. The molecule has 0 aromatic rings. The van der Waals surface area contributed by atoms with E-state index in [1.54, 1.807) is 6.92 Å². The molecule has 0 saturated carbocycles. The summed E-state index contributed by atoms with van der Waals surface area (Å²) in [6.45, 7) is 10.1. The Kier molecular flexibility index (Phi) is 6.60. The van der Waals surface area contributed by atoms with Crippen molar-refractivity contribution >= 4 is 5.91 Å². The van der Waals surface area contributed by atoms with Crippen LogP contribution in [0.4, 0.5) is 0 Å². The molecule has 1 amide bonds. The first-order valence-corrected chi connectivity index (χ1v) is 6.09. The standard InChI is InChI=1S/C12H26N2O2/c1-6-12(7-2,8-13)16-10(5)11(15)14-9(3)4/h9-10H,6-8,13H2,1-5H3,(H,14,15). The highest BCUT2D eigenvalue weighted by Crippen LogP contribution is 2.21. The van der Waals surface area contributed by atoms with Crippen molar-refractivity contribution in [2.45, 2.75) is 65.2 Å². The van der Waals surface area contributed by atoms with E-state index in [0.29, 0.717) is 6.54 Å². The van der Waals surface area contributed by atoms with Gasteiger partial charge >= 0.3 is 0 Å². The second-order valence-corrected chi connectivity index (χ2v) is 4.52. The van der Waals surface area contributed by atoms with Crippen molar-refractivity contribution in [1.29, 1.82) is 0 Å². The molecule has 1 unspecified atom stereocenters. The zero-order valence-corrected chi connectivity index (χ0v) is 11.2. The summed E-state index contributed by atoms with van der Waals surface area (Å²) in [4.78, 5) is 11.7. The van der Waals surface area contributed by atoms with E-state index in [-0.39, 0.29) is 17.6 Å². The third-order valence-electron chi connectivity index (χ3n) is 2.89. The minimum Gasteiger partial charge on any atom is -0.361 e. The average Bonchev–Trinajstić information content (AvgIpc) is 2.25. The summed E-state index contributed by atoms with van der Waals surface area (Å²) in [7, 11) is 0. The fraction of sp³-hybridized carbons (Fsp3) is 0.917. The molecular weight excluding hydrogens is 204 g/mol. The van der Waals surface area contributed by atoms with E-state index in [2.05, 4.69) is 5.32 Å². The van der Waals surface area contributed by atoms with Crippen molar-refractivity contribution in [2.75, 3.05) is 6.54 Å². The summed E-state index contributed by atoms with van der Waals surface area (Å²) >= 11 is 0. The Hall–Kier alpha value is -0.610. The monoisotopic (exact) mass is 230 g/mol. The number of nitrogens with two attached hydrogens (primary N) is 1. The first-order chi connectivity index (χ1) is 7.40. The van der Waals surface area contributed by atoms with E-state index in [9.17, 15) is 4.79 Å². The minimum atomic E-state index is -0.453. The van der Waals surface area contributed by atoms with Gasteiger partial charge in [-0.3, -0.25) is 4.79 Å². The molecule has 0 aliphatic heterocycles. The van der Waals surface area contributed by atoms with Crippen LogP contribution in [0.15, 0.2) is 0 Å². The second kappa shape index (κ2) is 6.86. The quantitative estimate of drug-likeness (QED) is 0.695. The molecule has 4 nitrogen and oxygen atoms in total. The molecule has 0 rings (SSSR count). The van der Waals surface area contributed by atoms with E-state index < -0.39 is 6.10 Å². The highest BCUT2D eigenvalue weighted by Gasteiger charge is 2.30. The molecule has 0 aliphatic rings. The lowest BCUT2D eigenvalue weighted by Gasteiger charge is -2.33. The van der Waals surface area contributed by atoms with Gasteiger partial charge in [0.2, 0.25) is 5.91 Å². The minimum absolute atomic E-state index is 0.0743. The van der Waals surface area contributed by atoms with Crippen LogP contribution in [0.3, 0.4) is 0 Å². The fourth-order valence-corrected chi connectivity index (χ4v) is 1.58. The SMILES string of the molecule is CCC(CC)(CN)OC(C)C(=O)NC(C)C. The Morgan fingerprint density at radius 1 is 1.31 bits per heavy atom. The van der Waals surface area contributed by atoms with Crippen LogP contribution in [0.5, 0.6) is 0 Å². The van der Waals surface area contributed by atoms with Crippen molar-refractivity contribution in [2.24, 2.45) is 5.73 Å². The molecule has 3 N–H and O–H groups in total. The van der Waals surface area contributed by atoms with Gasteiger partial charge in [0.25, 0.3) is 0 Å². The number of hydrogen-bond donors (Lipinski definition) is 2. The van der Waals surface area contributed by atoms with Gasteiger partial charge in [-0.1, -0.05) is 13.8 Å². The van der Waals surface area contributed by atoms with Gasteiger partial charge in [-0.25, -0.2) is 0 Å². The molecule has 96 valence electrons. The van der Waals surface area contributed by atoms with E-state index in [1.165, 1.54) is 0 Å². The lowest BCUT2D eigenvalue weighted by Crippen LogP contribution is -2.47. The molecule has 0 fully saturated rings. The zero-order valence-electron chi connectivity index (χ0n) is 11.2. The average molecular weight is 230 g/mol. The number of amides is 1. The van der Waals surface area contributed by atoms with E-state index in [1.807, 2.05) is 27.7 Å². The predicted molar refractivity (Wildman–Crippen MR) is 66.2 cm³/mol. The molecule has 4 heteroatoms. The smallest absolute Gasteiger partial charge is 0.249 e. The summed E-state index contributed by atoms with van der Waals surface area (Å²) in [6.07, 6.45) is 1.18. The molecule has 0 aromatic carbocycles. The third-order valence-corrected chi connectivity index (χ3v) is 2.89. The molecule has 0 radical (unpaired) electrons. The van der Waals surface area contributed by atoms with E-state index in [0.717, 1.165) is 12.8 Å². The predicted octanol–water partition coefficient (Wildman–Crippen LogP) is 1.43. The number of hydrogen-bond acceptors (Lipinski definition) is 3. The molecule has 0 saturated heterocycles. The summed E-state index contributed by atoms with van der Waals surface area (Å²) < 4.78 is 5.81. The molecule has 0 spiro atoms. The molecule has 0 bridgehead atoms. The molecule has 1 atom stereocenters. The van der Waals surface area contributed by atoms with Gasteiger partial charge in [0.05, 0.1) is 5.60 Å². The van der Waals surface area contributed by atoms with Crippen LogP contribution >= 0.6 is 0 Å². The normalized spacial score (nSPS) is 13.9. The summed E-state index contributed by atoms with van der Waals surface area (Å²) in [6, 6.07) is 0.133. The maximum absolute atomic E-state index is 11.7. The van der Waals surface area contributed by atoms with Gasteiger partial charge in [0, 0.05) is 12.6 Å².